The van der Waals surface area contributed by atoms with Crippen molar-refractivity contribution < 1.29 is 23.8 Å². The van der Waals surface area contributed by atoms with Gasteiger partial charge in [0.25, 0.3) is 5.91 Å². The summed E-state index contributed by atoms with van der Waals surface area (Å²) >= 11 is 5.98. The Morgan fingerprint density at radius 2 is 2.00 bits per heavy atom. The fourth-order valence-electron chi connectivity index (χ4n) is 1.49. The van der Waals surface area contributed by atoms with E-state index in [4.69, 9.17) is 25.8 Å². The molecule has 1 aromatic rings. The van der Waals surface area contributed by atoms with Crippen molar-refractivity contribution in [2.45, 2.75) is 13.8 Å². The molecular formula is C14H18ClNO5. The summed E-state index contributed by atoms with van der Waals surface area (Å²) in [5, 5.41) is 3.14. The second kappa shape index (κ2) is 8.49. The molecule has 1 rings (SSSR count). The van der Waals surface area contributed by atoms with Crippen LogP contribution >= 0.6 is 11.6 Å². The van der Waals surface area contributed by atoms with Crippen LogP contribution in [0.2, 0.25) is 5.02 Å². The number of ether oxygens (including phenoxy) is 3. The van der Waals surface area contributed by atoms with Crippen molar-refractivity contribution in [1.29, 1.82) is 0 Å². The van der Waals surface area contributed by atoms with Crippen LogP contribution in [0.4, 0.5) is 5.69 Å². The lowest BCUT2D eigenvalue weighted by Gasteiger charge is -2.12. The molecule has 0 aliphatic heterocycles. The molecule has 116 valence electrons. The van der Waals surface area contributed by atoms with E-state index in [1.165, 1.54) is 7.11 Å². The molecule has 0 saturated carbocycles. The summed E-state index contributed by atoms with van der Waals surface area (Å²) in [5.41, 5.74) is 1.26. The topological polar surface area (TPSA) is 73.9 Å². The summed E-state index contributed by atoms with van der Waals surface area (Å²) in [6.45, 7) is 3.40. The van der Waals surface area contributed by atoms with Crippen LogP contribution in [0.5, 0.6) is 5.75 Å². The summed E-state index contributed by atoms with van der Waals surface area (Å²) < 4.78 is 14.8. The number of rotatable bonds is 7. The number of carbonyl (C=O) groups excluding carboxylic acids is 2. The number of hydrogen-bond donors (Lipinski definition) is 1. The summed E-state index contributed by atoms with van der Waals surface area (Å²) in [6, 6.07) is 3.29. The van der Waals surface area contributed by atoms with E-state index in [1.807, 2.05) is 0 Å². The highest BCUT2D eigenvalue weighted by atomic mass is 35.5. The maximum Gasteiger partial charge on any atom is 0.332 e. The molecule has 21 heavy (non-hydrogen) atoms. The lowest BCUT2D eigenvalue weighted by Crippen LogP contribution is -2.23. The van der Waals surface area contributed by atoms with Gasteiger partial charge in [0.2, 0.25) is 0 Å². The highest BCUT2D eigenvalue weighted by Crippen LogP contribution is 2.30. The number of amides is 1. The maximum atomic E-state index is 11.7. The second-order valence-electron chi connectivity index (χ2n) is 4.15. The van der Waals surface area contributed by atoms with Gasteiger partial charge < -0.3 is 19.5 Å². The first-order valence-corrected chi connectivity index (χ1v) is 6.73. The number of benzene rings is 1. The minimum Gasteiger partial charge on any atom is -0.495 e. The van der Waals surface area contributed by atoms with Crippen LogP contribution in [-0.4, -0.2) is 38.8 Å². The van der Waals surface area contributed by atoms with Gasteiger partial charge in [0, 0.05) is 17.7 Å². The number of halogens is 1. The number of methoxy groups -OCH3 is 1. The molecule has 0 atom stereocenters. The van der Waals surface area contributed by atoms with Gasteiger partial charge in [-0.2, -0.15) is 0 Å². The van der Waals surface area contributed by atoms with E-state index in [2.05, 4.69) is 5.32 Å². The van der Waals surface area contributed by atoms with Crippen LogP contribution in [0.3, 0.4) is 0 Å². The van der Waals surface area contributed by atoms with E-state index in [-0.39, 0.29) is 6.61 Å². The number of aryl methyl sites for hydroxylation is 1. The molecule has 7 heteroatoms. The molecular weight excluding hydrogens is 298 g/mol. The molecule has 0 aliphatic carbocycles. The van der Waals surface area contributed by atoms with Crippen molar-refractivity contribution in [3.05, 3.63) is 22.7 Å². The van der Waals surface area contributed by atoms with Crippen molar-refractivity contribution in [2.75, 3.05) is 32.2 Å². The molecule has 6 nitrogen and oxygen atoms in total. The summed E-state index contributed by atoms with van der Waals surface area (Å²) in [4.78, 5) is 22.9. The molecule has 0 bridgehead atoms. The molecule has 0 aliphatic rings. The largest absolute Gasteiger partial charge is 0.495 e. The summed E-state index contributed by atoms with van der Waals surface area (Å²) in [5.74, 6) is -0.634. The van der Waals surface area contributed by atoms with Gasteiger partial charge in [0.05, 0.1) is 12.8 Å². The SMILES string of the molecule is CCOCC(=O)OCC(=O)Nc1cc(C)c(Cl)cc1OC. The number of esters is 1. The first-order chi connectivity index (χ1) is 9.97. The highest BCUT2D eigenvalue weighted by molar-refractivity contribution is 6.31. The molecule has 1 N–H and O–H groups in total. The number of carbonyl (C=O) groups is 2. The maximum absolute atomic E-state index is 11.7. The van der Waals surface area contributed by atoms with E-state index < -0.39 is 18.5 Å². The van der Waals surface area contributed by atoms with Gasteiger partial charge in [-0.05, 0) is 25.5 Å². The minimum atomic E-state index is -0.591. The molecule has 0 saturated heterocycles. The zero-order valence-corrected chi connectivity index (χ0v) is 13.0. The van der Waals surface area contributed by atoms with Gasteiger partial charge in [-0.25, -0.2) is 4.79 Å². The lowest BCUT2D eigenvalue weighted by atomic mass is 10.2. The molecule has 0 radical (unpaired) electrons. The van der Waals surface area contributed by atoms with Crippen molar-refractivity contribution in [3.63, 3.8) is 0 Å². The molecule has 0 aromatic heterocycles. The van der Waals surface area contributed by atoms with E-state index in [0.29, 0.717) is 23.1 Å². The third-order valence-corrected chi connectivity index (χ3v) is 2.95. The minimum absolute atomic E-state index is 0.173. The summed E-state index contributed by atoms with van der Waals surface area (Å²) in [6.07, 6.45) is 0. The Morgan fingerprint density at radius 1 is 1.29 bits per heavy atom. The monoisotopic (exact) mass is 315 g/mol. The molecule has 1 amide bonds. The predicted molar refractivity (Wildman–Crippen MR) is 78.8 cm³/mol. The molecule has 0 unspecified atom stereocenters. The van der Waals surface area contributed by atoms with Gasteiger partial charge in [-0.15, -0.1) is 0 Å². The number of nitrogens with one attached hydrogen (secondary N) is 1. The first kappa shape index (κ1) is 17.3. The number of hydrogen-bond acceptors (Lipinski definition) is 5. The lowest BCUT2D eigenvalue weighted by molar-refractivity contribution is -0.151. The average Bonchev–Trinajstić information content (AvgIpc) is 2.46. The van der Waals surface area contributed by atoms with Crippen molar-refractivity contribution in [3.8, 4) is 5.75 Å². The van der Waals surface area contributed by atoms with Gasteiger partial charge in [-0.3, -0.25) is 4.79 Å². The van der Waals surface area contributed by atoms with Gasteiger partial charge in [0.1, 0.15) is 12.4 Å². The smallest absolute Gasteiger partial charge is 0.332 e. The Bertz CT molecular complexity index is 518. The molecule has 0 spiro atoms. The zero-order valence-electron chi connectivity index (χ0n) is 12.2. The van der Waals surface area contributed by atoms with Crippen molar-refractivity contribution >= 4 is 29.2 Å². The van der Waals surface area contributed by atoms with Crippen LogP contribution in [-0.2, 0) is 19.1 Å². The standard InChI is InChI=1S/C14H18ClNO5/c1-4-20-8-14(18)21-7-13(17)16-11-5-9(2)10(15)6-12(11)19-3/h5-6H,4,7-8H2,1-3H3,(H,16,17). The molecule has 0 heterocycles. The molecule has 0 fully saturated rings. The van der Waals surface area contributed by atoms with Crippen LogP contribution in [0.25, 0.3) is 0 Å². The van der Waals surface area contributed by atoms with E-state index in [0.717, 1.165) is 5.56 Å². The van der Waals surface area contributed by atoms with Crippen LogP contribution < -0.4 is 10.1 Å². The normalized spacial score (nSPS) is 10.1. The van der Waals surface area contributed by atoms with Crippen molar-refractivity contribution in [2.24, 2.45) is 0 Å². The quantitative estimate of drug-likeness (QED) is 0.781. The Kier molecular flexibility index (Phi) is 6.98. The number of anilines is 1. The zero-order chi connectivity index (χ0) is 15.8. The van der Waals surface area contributed by atoms with Gasteiger partial charge in [0.15, 0.2) is 6.61 Å². The van der Waals surface area contributed by atoms with Crippen LogP contribution in [0.15, 0.2) is 12.1 Å². The third kappa shape index (κ3) is 5.61. The van der Waals surface area contributed by atoms with Crippen LogP contribution in [0, 0.1) is 6.92 Å². The van der Waals surface area contributed by atoms with Gasteiger partial charge >= 0.3 is 5.97 Å². The Balaban J connectivity index is 2.59. The fraction of sp³-hybridized carbons (Fsp3) is 0.429. The van der Waals surface area contributed by atoms with E-state index in [9.17, 15) is 9.59 Å². The first-order valence-electron chi connectivity index (χ1n) is 6.35. The van der Waals surface area contributed by atoms with E-state index >= 15 is 0 Å². The predicted octanol–water partition coefficient (Wildman–Crippen LogP) is 2.18. The van der Waals surface area contributed by atoms with Crippen molar-refractivity contribution in [1.82, 2.24) is 0 Å². The van der Waals surface area contributed by atoms with E-state index in [1.54, 1.807) is 26.0 Å². The average molecular weight is 316 g/mol. The van der Waals surface area contributed by atoms with Gasteiger partial charge in [-0.1, -0.05) is 11.6 Å². The van der Waals surface area contributed by atoms with Crippen LogP contribution in [0.1, 0.15) is 12.5 Å². The third-order valence-electron chi connectivity index (χ3n) is 2.54. The second-order valence-corrected chi connectivity index (χ2v) is 4.55. The summed E-state index contributed by atoms with van der Waals surface area (Å²) in [7, 11) is 1.47. The highest BCUT2D eigenvalue weighted by Gasteiger charge is 2.12. The Morgan fingerprint density at radius 3 is 2.62 bits per heavy atom. The Labute approximate surface area is 128 Å². The fourth-order valence-corrected chi connectivity index (χ4v) is 1.64. The molecule has 1 aromatic carbocycles. The Hall–Kier alpha value is -1.79.